The predicted molar refractivity (Wildman–Crippen MR) is 42.1 cm³/mol. The molecule has 0 fully saturated rings. The molecule has 0 bridgehead atoms. The highest BCUT2D eigenvalue weighted by Crippen LogP contribution is 2.12. The van der Waals surface area contributed by atoms with Crippen LogP contribution in [0.4, 0.5) is 5.69 Å². The first-order valence-electron chi connectivity index (χ1n) is 3.13. The Hall–Kier alpha value is -1.78. The zero-order valence-electron chi connectivity index (χ0n) is 5.73. The molecule has 5 nitrogen and oxygen atoms in total. The molecule has 1 aromatic heterocycles. The van der Waals surface area contributed by atoms with Gasteiger partial charge in [-0.15, -0.1) is 5.10 Å². The molecule has 0 unspecified atom stereocenters. The minimum absolute atomic E-state index is 0.665. The van der Waals surface area contributed by atoms with Gasteiger partial charge in [-0.2, -0.15) is 4.79 Å². The SMILES string of the molecule is Nc1ccc2c(c1)nnn2N. The Bertz CT molecular complexity index is 391. The first-order chi connectivity index (χ1) is 5.27. The summed E-state index contributed by atoms with van der Waals surface area (Å²) in [6, 6.07) is 5.27. The van der Waals surface area contributed by atoms with E-state index >= 15 is 0 Å². The van der Waals surface area contributed by atoms with Crippen LogP contribution in [-0.2, 0) is 0 Å². The van der Waals surface area contributed by atoms with Gasteiger partial charge in [-0.3, -0.25) is 0 Å². The van der Waals surface area contributed by atoms with Gasteiger partial charge in [0.25, 0.3) is 0 Å². The van der Waals surface area contributed by atoms with E-state index in [1.165, 1.54) is 4.79 Å². The van der Waals surface area contributed by atoms with Crippen molar-refractivity contribution in [3.05, 3.63) is 18.2 Å². The van der Waals surface area contributed by atoms with Crippen LogP contribution in [0.25, 0.3) is 11.0 Å². The fraction of sp³-hybridized carbons (Fsp3) is 0. The normalized spacial score (nSPS) is 10.5. The van der Waals surface area contributed by atoms with Gasteiger partial charge in [0.15, 0.2) is 0 Å². The van der Waals surface area contributed by atoms with Crippen LogP contribution in [0.15, 0.2) is 18.2 Å². The molecule has 0 saturated heterocycles. The minimum atomic E-state index is 0.665. The molecule has 0 aliphatic heterocycles. The Labute approximate surface area is 62.6 Å². The van der Waals surface area contributed by atoms with Crippen molar-refractivity contribution in [3.8, 4) is 0 Å². The highest BCUT2D eigenvalue weighted by molar-refractivity contribution is 5.77. The summed E-state index contributed by atoms with van der Waals surface area (Å²) in [6.07, 6.45) is 0. The summed E-state index contributed by atoms with van der Waals surface area (Å²) in [5.74, 6) is 5.43. The number of rotatable bonds is 0. The van der Waals surface area contributed by atoms with E-state index in [1.54, 1.807) is 18.2 Å². The monoisotopic (exact) mass is 149 g/mol. The van der Waals surface area contributed by atoms with Gasteiger partial charge in [-0.25, -0.2) is 0 Å². The molecule has 2 rings (SSSR count). The van der Waals surface area contributed by atoms with Crippen molar-refractivity contribution in [3.63, 3.8) is 0 Å². The van der Waals surface area contributed by atoms with Crippen molar-refractivity contribution < 1.29 is 0 Å². The second-order valence-electron chi connectivity index (χ2n) is 2.28. The van der Waals surface area contributed by atoms with E-state index in [9.17, 15) is 0 Å². The van der Waals surface area contributed by atoms with Crippen molar-refractivity contribution in [1.29, 1.82) is 0 Å². The maximum atomic E-state index is 5.52. The molecule has 2 aromatic rings. The molecule has 1 heterocycles. The predicted octanol–water partition coefficient (Wildman–Crippen LogP) is -0.273. The molecule has 0 aliphatic rings. The molecule has 0 aliphatic carbocycles. The molecule has 5 heteroatoms. The Kier molecular flexibility index (Phi) is 1.00. The lowest BCUT2D eigenvalue weighted by molar-refractivity contribution is 0.787. The zero-order valence-corrected chi connectivity index (χ0v) is 5.73. The Morgan fingerprint density at radius 2 is 2.18 bits per heavy atom. The average Bonchev–Trinajstić information content (AvgIpc) is 2.32. The number of anilines is 1. The van der Waals surface area contributed by atoms with Crippen molar-refractivity contribution in [2.75, 3.05) is 11.6 Å². The third-order valence-electron chi connectivity index (χ3n) is 1.50. The number of benzene rings is 1. The summed E-state index contributed by atoms with van der Waals surface area (Å²) < 4.78 is 0. The molecule has 0 radical (unpaired) electrons. The number of hydrogen-bond donors (Lipinski definition) is 2. The highest BCUT2D eigenvalue weighted by Gasteiger charge is 1.99. The Morgan fingerprint density at radius 1 is 1.36 bits per heavy atom. The second kappa shape index (κ2) is 1.85. The molecular weight excluding hydrogens is 142 g/mol. The van der Waals surface area contributed by atoms with E-state index in [0.717, 1.165) is 5.52 Å². The second-order valence-corrected chi connectivity index (χ2v) is 2.28. The molecule has 1 aromatic carbocycles. The molecule has 4 N–H and O–H groups in total. The summed E-state index contributed by atoms with van der Waals surface area (Å²) in [4.78, 5) is 1.22. The summed E-state index contributed by atoms with van der Waals surface area (Å²) in [5, 5.41) is 7.41. The molecule has 0 spiro atoms. The van der Waals surface area contributed by atoms with Gasteiger partial charge in [0.2, 0.25) is 0 Å². The largest absolute Gasteiger partial charge is 0.399 e. The smallest absolute Gasteiger partial charge is 0.117 e. The Morgan fingerprint density at radius 3 is 3.00 bits per heavy atom. The molecular formula is C6H7N5. The maximum Gasteiger partial charge on any atom is 0.117 e. The average molecular weight is 149 g/mol. The highest BCUT2D eigenvalue weighted by atomic mass is 15.6. The van der Waals surface area contributed by atoms with Gasteiger partial charge >= 0.3 is 0 Å². The van der Waals surface area contributed by atoms with Crippen molar-refractivity contribution in [1.82, 2.24) is 15.1 Å². The van der Waals surface area contributed by atoms with Crippen molar-refractivity contribution in [2.24, 2.45) is 0 Å². The molecule has 0 amide bonds. The van der Waals surface area contributed by atoms with E-state index in [4.69, 9.17) is 11.6 Å². The minimum Gasteiger partial charge on any atom is -0.399 e. The fourth-order valence-electron chi connectivity index (χ4n) is 0.959. The molecule has 11 heavy (non-hydrogen) atoms. The van der Waals surface area contributed by atoms with E-state index in [2.05, 4.69) is 10.3 Å². The van der Waals surface area contributed by atoms with Crippen LogP contribution in [0.5, 0.6) is 0 Å². The quantitative estimate of drug-likeness (QED) is 0.399. The third-order valence-corrected chi connectivity index (χ3v) is 1.50. The summed E-state index contributed by atoms with van der Waals surface area (Å²) in [5.41, 5.74) is 7.67. The van der Waals surface area contributed by atoms with Gasteiger partial charge in [-0.05, 0) is 23.4 Å². The van der Waals surface area contributed by atoms with Crippen LogP contribution in [0.3, 0.4) is 0 Å². The first kappa shape index (κ1) is 5.96. The van der Waals surface area contributed by atoms with Crippen LogP contribution in [-0.4, -0.2) is 15.1 Å². The number of hydrogen-bond acceptors (Lipinski definition) is 4. The van der Waals surface area contributed by atoms with E-state index in [1.807, 2.05) is 0 Å². The number of aromatic nitrogens is 3. The summed E-state index contributed by atoms with van der Waals surface area (Å²) >= 11 is 0. The lowest BCUT2D eigenvalue weighted by atomic mass is 10.3. The van der Waals surface area contributed by atoms with Gasteiger partial charge in [0, 0.05) is 5.69 Å². The standard InChI is InChI=1S/C6H7N5/c7-4-1-2-6-5(3-4)9-10-11(6)8/h1-3H,7-8H2. The van der Waals surface area contributed by atoms with Gasteiger partial charge in [0.1, 0.15) is 11.0 Å². The first-order valence-corrected chi connectivity index (χ1v) is 3.13. The summed E-state index contributed by atoms with van der Waals surface area (Å²) in [7, 11) is 0. The van der Waals surface area contributed by atoms with E-state index in [0.29, 0.717) is 11.2 Å². The van der Waals surface area contributed by atoms with E-state index < -0.39 is 0 Å². The lowest BCUT2D eigenvalue weighted by Gasteiger charge is -1.91. The third kappa shape index (κ3) is 0.778. The van der Waals surface area contributed by atoms with Crippen LogP contribution >= 0.6 is 0 Å². The van der Waals surface area contributed by atoms with Crippen molar-refractivity contribution in [2.45, 2.75) is 0 Å². The fourth-order valence-corrected chi connectivity index (χ4v) is 0.959. The Balaban J connectivity index is 2.86. The topological polar surface area (TPSA) is 82.8 Å². The lowest BCUT2D eigenvalue weighted by Crippen LogP contribution is -2.09. The van der Waals surface area contributed by atoms with Crippen molar-refractivity contribution >= 4 is 16.7 Å². The number of nitrogens with two attached hydrogens (primary N) is 2. The van der Waals surface area contributed by atoms with Crippen LogP contribution < -0.4 is 11.6 Å². The van der Waals surface area contributed by atoms with E-state index in [-0.39, 0.29) is 0 Å². The number of fused-ring (bicyclic) bond motifs is 1. The number of nitrogen functional groups attached to an aromatic ring is 2. The van der Waals surface area contributed by atoms with Gasteiger partial charge < -0.3 is 11.6 Å². The maximum absolute atomic E-state index is 5.52. The van der Waals surface area contributed by atoms with Gasteiger partial charge in [-0.1, -0.05) is 0 Å². The molecule has 0 saturated carbocycles. The number of nitrogens with zero attached hydrogens (tertiary/aromatic N) is 3. The van der Waals surface area contributed by atoms with Crippen LogP contribution in [0.2, 0.25) is 0 Å². The van der Waals surface area contributed by atoms with Crippen LogP contribution in [0.1, 0.15) is 0 Å². The molecule has 56 valence electrons. The van der Waals surface area contributed by atoms with Gasteiger partial charge in [0.05, 0.1) is 0 Å². The zero-order chi connectivity index (χ0) is 7.84. The molecule has 0 atom stereocenters. The summed E-state index contributed by atoms with van der Waals surface area (Å²) in [6.45, 7) is 0. The van der Waals surface area contributed by atoms with Crippen LogP contribution in [0, 0.1) is 0 Å².